The fourth-order valence-electron chi connectivity index (χ4n) is 3.90. The average molecular weight is 517 g/mol. The van der Waals surface area contributed by atoms with Crippen LogP contribution < -0.4 is 9.64 Å². The van der Waals surface area contributed by atoms with Gasteiger partial charge in [-0.3, -0.25) is 14.5 Å². The zero-order chi connectivity index (χ0) is 26.5. The molecule has 2 heterocycles. The molecule has 0 aliphatic carbocycles. The molecule has 0 bridgehead atoms. The number of nitrogens with zero attached hydrogens (tertiary/aromatic N) is 2. The van der Waals surface area contributed by atoms with Crippen LogP contribution in [0, 0.1) is 6.92 Å². The fourth-order valence-corrected chi connectivity index (χ4v) is 4.89. The summed E-state index contributed by atoms with van der Waals surface area (Å²) in [5, 5.41) is 11.3. The Morgan fingerprint density at radius 2 is 1.84 bits per heavy atom. The number of Topliss-reactive ketones (excluding diaryl/α,β-unsaturated/α-hetero) is 1. The van der Waals surface area contributed by atoms with Crippen molar-refractivity contribution >= 4 is 39.9 Å². The predicted molar refractivity (Wildman–Crippen MR) is 141 cm³/mol. The lowest BCUT2D eigenvalue weighted by atomic mass is 9.95. The molecule has 3 aromatic rings. The van der Waals surface area contributed by atoms with Crippen LogP contribution in [0.3, 0.4) is 0 Å². The number of rotatable bonds is 9. The third-order valence-electron chi connectivity index (χ3n) is 5.54. The molecule has 0 saturated carbocycles. The van der Waals surface area contributed by atoms with Gasteiger partial charge >= 0.3 is 11.9 Å². The molecule has 8 nitrogen and oxygen atoms in total. The number of amides is 1. The zero-order valence-corrected chi connectivity index (χ0v) is 20.9. The summed E-state index contributed by atoms with van der Waals surface area (Å²) in [6.07, 6.45) is 3.04. The highest BCUT2D eigenvalue weighted by Crippen LogP contribution is 2.44. The molecule has 1 fully saturated rings. The number of benzene rings is 2. The first-order valence-corrected chi connectivity index (χ1v) is 12.1. The van der Waals surface area contributed by atoms with Crippen LogP contribution in [0.1, 0.15) is 32.5 Å². The zero-order valence-electron chi connectivity index (χ0n) is 20.0. The molecule has 4 rings (SSSR count). The van der Waals surface area contributed by atoms with E-state index >= 15 is 0 Å². The van der Waals surface area contributed by atoms with Crippen LogP contribution in [0.15, 0.2) is 85.5 Å². The normalized spacial score (nSPS) is 16.5. The second-order valence-corrected chi connectivity index (χ2v) is 8.98. The minimum atomic E-state index is -1.02. The van der Waals surface area contributed by atoms with E-state index in [9.17, 15) is 19.5 Å². The van der Waals surface area contributed by atoms with Gasteiger partial charge in [-0.1, -0.05) is 79.1 Å². The number of anilines is 1. The van der Waals surface area contributed by atoms with Crippen molar-refractivity contribution in [1.29, 1.82) is 0 Å². The topological polar surface area (TPSA) is 106 Å². The molecule has 1 aliphatic rings. The van der Waals surface area contributed by atoms with Crippen molar-refractivity contribution in [3.63, 3.8) is 0 Å². The molecule has 37 heavy (non-hydrogen) atoms. The lowest BCUT2D eigenvalue weighted by molar-refractivity contribution is -0.132. The number of ketones is 1. The highest BCUT2D eigenvalue weighted by molar-refractivity contribution is 7.17. The monoisotopic (exact) mass is 516 g/mol. The van der Waals surface area contributed by atoms with Gasteiger partial charge in [0.1, 0.15) is 29.6 Å². The highest BCUT2D eigenvalue weighted by atomic mass is 32.1. The Bertz CT molecular complexity index is 1410. The standard InChI is InChI=1S/C28H24N2O6S/c1-4-14-35-20-13-9-12-19(16-20)22-21(23(31)18-10-7-6-8-11-18)24(32)26(33)30(22)28-29-17(3)25(37-28)27(34)36-15-5-2/h4-13,16,22,31H,1-2,14-15H2,3H3. The number of ether oxygens (including phenoxy) is 2. The van der Waals surface area contributed by atoms with Gasteiger partial charge in [-0.05, 0) is 24.6 Å². The Morgan fingerprint density at radius 3 is 2.54 bits per heavy atom. The Labute approximate surface area is 217 Å². The van der Waals surface area contributed by atoms with Crippen molar-refractivity contribution < 1.29 is 29.0 Å². The number of aliphatic hydroxyl groups excluding tert-OH is 1. The fraction of sp³-hybridized carbons (Fsp3) is 0.143. The SMILES string of the molecule is C=CCOC(=O)c1sc(N2C(=O)C(=O)C(=C(O)c3ccccc3)C2c2cccc(OCC=C)c2)nc1C. The predicted octanol–water partition coefficient (Wildman–Crippen LogP) is 4.99. The van der Waals surface area contributed by atoms with Gasteiger partial charge in [0.05, 0.1) is 17.3 Å². The molecular weight excluding hydrogens is 492 g/mol. The second-order valence-electron chi connectivity index (χ2n) is 8.01. The van der Waals surface area contributed by atoms with Crippen molar-refractivity contribution in [1.82, 2.24) is 4.98 Å². The summed E-state index contributed by atoms with van der Waals surface area (Å²) >= 11 is 0.931. The molecular formula is C28H24N2O6S. The Hall–Kier alpha value is -4.50. The molecule has 1 atom stereocenters. The number of carbonyl (C=O) groups is 3. The van der Waals surface area contributed by atoms with Gasteiger partial charge in [0, 0.05) is 5.56 Å². The number of thiazole rings is 1. The number of esters is 1. The number of carbonyl (C=O) groups excluding carboxylic acids is 3. The van der Waals surface area contributed by atoms with Crippen LogP contribution in [0.2, 0.25) is 0 Å². The van der Waals surface area contributed by atoms with E-state index in [1.165, 1.54) is 11.0 Å². The van der Waals surface area contributed by atoms with Crippen LogP contribution in [-0.2, 0) is 14.3 Å². The van der Waals surface area contributed by atoms with E-state index in [0.29, 0.717) is 22.6 Å². The molecule has 9 heteroatoms. The lowest BCUT2D eigenvalue weighted by Crippen LogP contribution is -2.29. The summed E-state index contributed by atoms with van der Waals surface area (Å²) in [5.41, 5.74) is 1.15. The van der Waals surface area contributed by atoms with Crippen LogP contribution in [0.4, 0.5) is 5.13 Å². The van der Waals surface area contributed by atoms with Gasteiger partial charge in [0.25, 0.3) is 5.78 Å². The smallest absolute Gasteiger partial charge is 0.350 e. The molecule has 188 valence electrons. The van der Waals surface area contributed by atoms with Crippen molar-refractivity contribution in [3.05, 3.63) is 107 Å². The Morgan fingerprint density at radius 1 is 1.11 bits per heavy atom. The van der Waals surface area contributed by atoms with Crippen molar-refractivity contribution in [3.8, 4) is 5.75 Å². The van der Waals surface area contributed by atoms with E-state index in [4.69, 9.17) is 9.47 Å². The largest absolute Gasteiger partial charge is 0.507 e. The van der Waals surface area contributed by atoms with E-state index in [0.717, 1.165) is 11.3 Å². The first kappa shape index (κ1) is 25.6. The Balaban J connectivity index is 1.88. The van der Waals surface area contributed by atoms with Crippen LogP contribution in [0.25, 0.3) is 5.76 Å². The van der Waals surface area contributed by atoms with E-state index < -0.39 is 23.7 Å². The molecule has 1 aromatic heterocycles. The van der Waals surface area contributed by atoms with Gasteiger partial charge in [0.15, 0.2) is 5.13 Å². The number of aliphatic hydroxyl groups is 1. The summed E-state index contributed by atoms with van der Waals surface area (Å²) < 4.78 is 10.8. The van der Waals surface area contributed by atoms with Gasteiger partial charge in [-0.15, -0.1) is 0 Å². The number of hydrogen-bond acceptors (Lipinski definition) is 8. The van der Waals surface area contributed by atoms with Crippen molar-refractivity contribution in [2.45, 2.75) is 13.0 Å². The van der Waals surface area contributed by atoms with Gasteiger partial charge in [-0.25, -0.2) is 9.78 Å². The number of aryl methyl sites for hydroxylation is 1. The summed E-state index contributed by atoms with van der Waals surface area (Å²) in [4.78, 5) is 45.0. The molecule has 1 aliphatic heterocycles. The number of aromatic nitrogens is 1. The maximum atomic E-state index is 13.4. The maximum Gasteiger partial charge on any atom is 0.350 e. The van der Waals surface area contributed by atoms with E-state index in [1.807, 2.05) is 0 Å². The van der Waals surface area contributed by atoms with E-state index in [-0.39, 0.29) is 34.6 Å². The summed E-state index contributed by atoms with van der Waals surface area (Å²) in [7, 11) is 0. The first-order valence-electron chi connectivity index (χ1n) is 11.3. The van der Waals surface area contributed by atoms with Gasteiger partial charge < -0.3 is 14.6 Å². The van der Waals surface area contributed by atoms with Gasteiger partial charge in [-0.2, -0.15) is 0 Å². The third kappa shape index (κ3) is 5.07. The van der Waals surface area contributed by atoms with Crippen molar-refractivity contribution in [2.24, 2.45) is 0 Å². The molecule has 1 unspecified atom stereocenters. The summed E-state index contributed by atoms with van der Waals surface area (Å²) in [6, 6.07) is 14.3. The molecule has 1 N–H and O–H groups in total. The van der Waals surface area contributed by atoms with Crippen LogP contribution in [-0.4, -0.2) is 41.0 Å². The molecule has 0 radical (unpaired) electrons. The maximum absolute atomic E-state index is 13.4. The van der Waals surface area contributed by atoms with E-state index in [2.05, 4.69) is 18.1 Å². The lowest BCUT2D eigenvalue weighted by Gasteiger charge is -2.23. The highest BCUT2D eigenvalue weighted by Gasteiger charge is 2.48. The second kappa shape index (κ2) is 11.0. The molecule has 0 spiro atoms. The molecule has 1 amide bonds. The van der Waals surface area contributed by atoms with Gasteiger partial charge in [0.2, 0.25) is 0 Å². The quantitative estimate of drug-likeness (QED) is 0.140. The molecule has 2 aromatic carbocycles. The summed E-state index contributed by atoms with van der Waals surface area (Å²) in [5.74, 6) is -2.18. The minimum absolute atomic E-state index is 0.0184. The third-order valence-corrected chi connectivity index (χ3v) is 6.68. The molecule has 1 saturated heterocycles. The number of hydrogen-bond donors (Lipinski definition) is 1. The summed E-state index contributed by atoms with van der Waals surface area (Å²) in [6.45, 7) is 9.07. The van der Waals surface area contributed by atoms with Crippen molar-refractivity contribution in [2.75, 3.05) is 18.1 Å². The first-order chi connectivity index (χ1) is 17.9. The minimum Gasteiger partial charge on any atom is -0.507 e. The van der Waals surface area contributed by atoms with Crippen LogP contribution in [0.5, 0.6) is 5.75 Å². The van der Waals surface area contributed by atoms with E-state index in [1.54, 1.807) is 67.6 Å². The van der Waals surface area contributed by atoms with Crippen LogP contribution >= 0.6 is 11.3 Å². The average Bonchev–Trinajstić information content (AvgIpc) is 3.42. The Kier molecular flexibility index (Phi) is 7.64.